The number of benzene rings is 1. The number of carbonyl (C=O) groups excluding carboxylic acids is 2. The maximum absolute atomic E-state index is 12.0. The van der Waals surface area contributed by atoms with Crippen molar-refractivity contribution < 1.29 is 9.59 Å². The molecule has 0 saturated heterocycles. The van der Waals surface area contributed by atoms with Crippen molar-refractivity contribution in [2.45, 2.75) is 45.4 Å². The molecule has 1 aliphatic rings. The van der Waals surface area contributed by atoms with Gasteiger partial charge in [0.05, 0.1) is 0 Å². The van der Waals surface area contributed by atoms with Crippen LogP contribution in [0, 0.1) is 0 Å². The largest absolute Gasteiger partial charge is 0.342 e. The van der Waals surface area contributed by atoms with Crippen molar-refractivity contribution in [3.05, 3.63) is 40.9 Å². The van der Waals surface area contributed by atoms with E-state index in [1.165, 1.54) is 18.4 Å². The first-order valence-electron chi connectivity index (χ1n) is 8.53. The molecule has 0 unspecified atom stereocenters. The average Bonchev–Trinajstić information content (AvgIpc) is 2.57. The van der Waals surface area contributed by atoms with Gasteiger partial charge in [-0.15, -0.1) is 0 Å². The quantitative estimate of drug-likeness (QED) is 0.742. The zero-order valence-electron chi connectivity index (χ0n) is 14.2. The van der Waals surface area contributed by atoms with Crippen molar-refractivity contribution in [2.24, 2.45) is 0 Å². The highest BCUT2D eigenvalue weighted by molar-refractivity contribution is 6.30. The van der Waals surface area contributed by atoms with E-state index in [1.54, 1.807) is 36.1 Å². The summed E-state index contributed by atoms with van der Waals surface area (Å²) in [7, 11) is 0. The lowest BCUT2D eigenvalue weighted by Crippen LogP contribution is -2.33. The number of carbonyl (C=O) groups is 2. The number of hydrogen-bond donors (Lipinski definition) is 1. The van der Waals surface area contributed by atoms with Gasteiger partial charge in [0.15, 0.2) is 0 Å². The standard InChI is InChI=1S/C19H25ClN2O2/c1-15(23)22(13-11-16-5-3-2-4-6-16)14-12-19(24)21-18-9-7-17(20)8-10-18/h5,7-10H,2-4,6,11-14H2,1H3,(H,21,24). The topological polar surface area (TPSA) is 49.4 Å². The number of hydrogen-bond acceptors (Lipinski definition) is 2. The van der Waals surface area contributed by atoms with Gasteiger partial charge >= 0.3 is 0 Å². The highest BCUT2D eigenvalue weighted by Gasteiger charge is 2.13. The molecule has 0 bridgehead atoms. The first-order chi connectivity index (χ1) is 11.5. The highest BCUT2D eigenvalue weighted by Crippen LogP contribution is 2.20. The molecule has 0 saturated carbocycles. The normalized spacial score (nSPS) is 14.0. The van der Waals surface area contributed by atoms with Crippen LogP contribution in [0.4, 0.5) is 5.69 Å². The molecule has 5 heteroatoms. The molecule has 1 N–H and O–H groups in total. The Balaban J connectivity index is 1.77. The summed E-state index contributed by atoms with van der Waals surface area (Å²) in [6.45, 7) is 2.70. The van der Waals surface area contributed by atoms with Gasteiger partial charge in [-0.25, -0.2) is 0 Å². The van der Waals surface area contributed by atoms with E-state index in [1.807, 2.05) is 0 Å². The fraction of sp³-hybridized carbons (Fsp3) is 0.474. The number of amides is 2. The molecule has 0 radical (unpaired) electrons. The minimum Gasteiger partial charge on any atom is -0.342 e. The van der Waals surface area contributed by atoms with Crippen molar-refractivity contribution in [3.8, 4) is 0 Å². The molecule has 0 fully saturated rings. The first-order valence-corrected chi connectivity index (χ1v) is 8.91. The fourth-order valence-electron chi connectivity index (χ4n) is 2.83. The summed E-state index contributed by atoms with van der Waals surface area (Å²) in [4.78, 5) is 25.6. The third-order valence-corrected chi connectivity index (χ3v) is 4.52. The number of halogens is 1. The van der Waals surface area contributed by atoms with E-state index in [0.29, 0.717) is 30.2 Å². The summed E-state index contributed by atoms with van der Waals surface area (Å²) in [6, 6.07) is 6.99. The van der Waals surface area contributed by atoms with Gasteiger partial charge in [0.2, 0.25) is 11.8 Å². The van der Waals surface area contributed by atoms with Crippen LogP contribution in [0.15, 0.2) is 35.9 Å². The third kappa shape index (κ3) is 6.36. The number of anilines is 1. The van der Waals surface area contributed by atoms with Gasteiger partial charge in [0.1, 0.15) is 0 Å². The van der Waals surface area contributed by atoms with Crippen LogP contribution in [-0.2, 0) is 9.59 Å². The molecule has 0 spiro atoms. The molecule has 24 heavy (non-hydrogen) atoms. The van der Waals surface area contributed by atoms with E-state index < -0.39 is 0 Å². The van der Waals surface area contributed by atoms with E-state index in [-0.39, 0.29) is 11.8 Å². The van der Waals surface area contributed by atoms with Crippen LogP contribution in [0.5, 0.6) is 0 Å². The number of nitrogens with one attached hydrogen (secondary N) is 1. The van der Waals surface area contributed by atoms with E-state index in [0.717, 1.165) is 19.3 Å². The first kappa shape index (κ1) is 18.5. The summed E-state index contributed by atoms with van der Waals surface area (Å²) >= 11 is 5.82. The Hall–Kier alpha value is -1.81. The van der Waals surface area contributed by atoms with Crippen LogP contribution in [-0.4, -0.2) is 29.8 Å². The Morgan fingerprint density at radius 3 is 2.54 bits per heavy atom. The Labute approximate surface area is 148 Å². The SMILES string of the molecule is CC(=O)N(CCC(=O)Nc1ccc(Cl)cc1)CCC1=CCCCC1. The Morgan fingerprint density at radius 2 is 1.92 bits per heavy atom. The maximum Gasteiger partial charge on any atom is 0.226 e. The second-order valence-corrected chi connectivity index (χ2v) is 6.61. The molecule has 1 aliphatic carbocycles. The number of nitrogens with zero attached hydrogens (tertiary/aromatic N) is 1. The molecule has 1 aromatic carbocycles. The predicted molar refractivity (Wildman–Crippen MR) is 98.1 cm³/mol. The zero-order chi connectivity index (χ0) is 17.4. The molecule has 0 aliphatic heterocycles. The van der Waals surface area contributed by atoms with Crippen molar-refractivity contribution in [1.82, 2.24) is 4.90 Å². The molecule has 4 nitrogen and oxygen atoms in total. The summed E-state index contributed by atoms with van der Waals surface area (Å²) < 4.78 is 0. The zero-order valence-corrected chi connectivity index (χ0v) is 14.9. The van der Waals surface area contributed by atoms with Gasteiger partial charge in [-0.3, -0.25) is 9.59 Å². The van der Waals surface area contributed by atoms with Crippen LogP contribution in [0.2, 0.25) is 5.02 Å². The minimum atomic E-state index is -0.0968. The lowest BCUT2D eigenvalue weighted by Gasteiger charge is -2.22. The van der Waals surface area contributed by atoms with Crippen molar-refractivity contribution >= 4 is 29.1 Å². The lowest BCUT2D eigenvalue weighted by atomic mass is 9.97. The van der Waals surface area contributed by atoms with Gasteiger partial charge in [-0.05, 0) is 56.4 Å². The Morgan fingerprint density at radius 1 is 1.17 bits per heavy atom. The Kier molecular flexibility index (Phi) is 7.32. The van der Waals surface area contributed by atoms with Crippen LogP contribution >= 0.6 is 11.6 Å². The van der Waals surface area contributed by atoms with Crippen LogP contribution in [0.3, 0.4) is 0 Å². The molecule has 0 heterocycles. The van der Waals surface area contributed by atoms with Crippen molar-refractivity contribution in [2.75, 3.05) is 18.4 Å². The van der Waals surface area contributed by atoms with Crippen LogP contribution in [0.25, 0.3) is 0 Å². The molecule has 2 amide bonds. The molecular formula is C19H25ClN2O2. The van der Waals surface area contributed by atoms with Gasteiger partial charge in [0, 0.05) is 37.1 Å². The van der Waals surface area contributed by atoms with E-state index in [9.17, 15) is 9.59 Å². The maximum atomic E-state index is 12.0. The van der Waals surface area contributed by atoms with E-state index >= 15 is 0 Å². The minimum absolute atomic E-state index is 0.0192. The Bertz CT molecular complexity index is 596. The molecule has 130 valence electrons. The van der Waals surface area contributed by atoms with Crippen molar-refractivity contribution in [3.63, 3.8) is 0 Å². The van der Waals surface area contributed by atoms with E-state index in [2.05, 4.69) is 11.4 Å². The molecule has 0 aromatic heterocycles. The smallest absolute Gasteiger partial charge is 0.226 e. The van der Waals surface area contributed by atoms with Gasteiger partial charge in [-0.2, -0.15) is 0 Å². The number of allylic oxidation sites excluding steroid dienone is 1. The fourth-order valence-corrected chi connectivity index (χ4v) is 2.96. The van der Waals surface area contributed by atoms with Gasteiger partial charge in [-0.1, -0.05) is 23.3 Å². The molecule has 1 aromatic rings. The van der Waals surface area contributed by atoms with Gasteiger partial charge in [0.25, 0.3) is 0 Å². The molecular weight excluding hydrogens is 324 g/mol. The van der Waals surface area contributed by atoms with Gasteiger partial charge < -0.3 is 10.2 Å². The summed E-state index contributed by atoms with van der Waals surface area (Å²) in [6.07, 6.45) is 8.32. The average molecular weight is 349 g/mol. The summed E-state index contributed by atoms with van der Waals surface area (Å²) in [5.41, 5.74) is 2.16. The summed E-state index contributed by atoms with van der Waals surface area (Å²) in [5.74, 6) is -0.0776. The second-order valence-electron chi connectivity index (χ2n) is 6.17. The highest BCUT2D eigenvalue weighted by atomic mass is 35.5. The monoisotopic (exact) mass is 348 g/mol. The molecule has 0 atom stereocenters. The molecule has 2 rings (SSSR count). The predicted octanol–water partition coefficient (Wildman–Crippen LogP) is 4.41. The van der Waals surface area contributed by atoms with Crippen LogP contribution < -0.4 is 5.32 Å². The van der Waals surface area contributed by atoms with Crippen molar-refractivity contribution in [1.29, 1.82) is 0 Å². The van der Waals surface area contributed by atoms with Crippen LogP contribution in [0.1, 0.15) is 45.4 Å². The third-order valence-electron chi connectivity index (χ3n) is 4.27. The van der Waals surface area contributed by atoms with E-state index in [4.69, 9.17) is 11.6 Å². The number of rotatable bonds is 7. The second kappa shape index (κ2) is 9.48. The summed E-state index contributed by atoms with van der Waals surface area (Å²) in [5, 5.41) is 3.45. The lowest BCUT2D eigenvalue weighted by molar-refractivity contribution is -0.129.